The summed E-state index contributed by atoms with van der Waals surface area (Å²) in [6, 6.07) is 12.3. The molecule has 3 rings (SSSR count). The SMILES string of the molecule is CCC1CCCCN1c1ccc(C(=O)NCCc2ccc(OC)cc2)cn1. The zero-order chi connectivity index (χ0) is 19.1. The quantitative estimate of drug-likeness (QED) is 0.808. The van der Waals surface area contributed by atoms with E-state index in [2.05, 4.69) is 22.1 Å². The van der Waals surface area contributed by atoms with Gasteiger partial charge in [0, 0.05) is 25.3 Å². The van der Waals surface area contributed by atoms with Crippen LogP contribution in [-0.4, -0.2) is 37.1 Å². The largest absolute Gasteiger partial charge is 0.497 e. The fourth-order valence-electron chi connectivity index (χ4n) is 3.63. The van der Waals surface area contributed by atoms with Crippen molar-refractivity contribution < 1.29 is 9.53 Å². The molecule has 144 valence electrons. The Morgan fingerprint density at radius 1 is 1.22 bits per heavy atom. The Bertz CT molecular complexity index is 728. The molecule has 1 aromatic carbocycles. The van der Waals surface area contributed by atoms with Crippen molar-refractivity contribution in [1.82, 2.24) is 10.3 Å². The molecule has 1 fully saturated rings. The predicted octanol–water partition coefficient (Wildman–Crippen LogP) is 3.83. The third kappa shape index (κ3) is 5.00. The number of ether oxygens (including phenoxy) is 1. The van der Waals surface area contributed by atoms with E-state index >= 15 is 0 Å². The van der Waals surface area contributed by atoms with Crippen LogP contribution in [-0.2, 0) is 6.42 Å². The molecule has 5 heteroatoms. The summed E-state index contributed by atoms with van der Waals surface area (Å²) in [6.07, 6.45) is 7.35. The van der Waals surface area contributed by atoms with Crippen molar-refractivity contribution in [3.63, 3.8) is 0 Å². The molecule has 1 amide bonds. The minimum Gasteiger partial charge on any atom is -0.497 e. The molecule has 1 aliphatic rings. The highest BCUT2D eigenvalue weighted by Crippen LogP contribution is 2.24. The van der Waals surface area contributed by atoms with Crippen LogP contribution in [0, 0.1) is 0 Å². The fraction of sp³-hybridized carbons (Fsp3) is 0.455. The third-order valence-electron chi connectivity index (χ3n) is 5.26. The van der Waals surface area contributed by atoms with Crippen molar-refractivity contribution in [3.8, 4) is 5.75 Å². The number of nitrogens with one attached hydrogen (secondary N) is 1. The highest BCUT2D eigenvalue weighted by molar-refractivity contribution is 5.94. The van der Waals surface area contributed by atoms with E-state index in [-0.39, 0.29) is 5.91 Å². The molecule has 1 unspecified atom stereocenters. The van der Waals surface area contributed by atoms with E-state index in [0.717, 1.165) is 31.0 Å². The highest BCUT2D eigenvalue weighted by Gasteiger charge is 2.22. The monoisotopic (exact) mass is 367 g/mol. The first-order chi connectivity index (χ1) is 13.2. The van der Waals surface area contributed by atoms with Crippen LogP contribution in [0.15, 0.2) is 42.6 Å². The highest BCUT2D eigenvalue weighted by atomic mass is 16.5. The summed E-state index contributed by atoms with van der Waals surface area (Å²) in [5.74, 6) is 1.75. The molecule has 2 aromatic rings. The fourth-order valence-corrected chi connectivity index (χ4v) is 3.63. The Morgan fingerprint density at radius 2 is 2.04 bits per heavy atom. The first-order valence-corrected chi connectivity index (χ1v) is 9.85. The minimum absolute atomic E-state index is 0.0757. The van der Waals surface area contributed by atoms with E-state index in [9.17, 15) is 4.79 Å². The number of hydrogen-bond donors (Lipinski definition) is 1. The van der Waals surface area contributed by atoms with Crippen LogP contribution in [0.4, 0.5) is 5.82 Å². The summed E-state index contributed by atoms with van der Waals surface area (Å²) >= 11 is 0. The molecule has 5 nitrogen and oxygen atoms in total. The van der Waals surface area contributed by atoms with Crippen molar-refractivity contribution >= 4 is 11.7 Å². The van der Waals surface area contributed by atoms with Crippen molar-refractivity contribution in [3.05, 3.63) is 53.7 Å². The van der Waals surface area contributed by atoms with Gasteiger partial charge >= 0.3 is 0 Å². The number of carbonyl (C=O) groups excluding carboxylic acids is 1. The summed E-state index contributed by atoms with van der Waals surface area (Å²) in [5.41, 5.74) is 1.78. The standard InChI is InChI=1S/C22H29N3O2/c1-3-19-6-4-5-15-25(19)21-12-9-18(16-24-21)22(26)23-14-13-17-7-10-20(27-2)11-8-17/h7-12,16,19H,3-6,13-15H2,1-2H3,(H,23,26). The molecule has 1 saturated heterocycles. The lowest BCUT2D eigenvalue weighted by molar-refractivity contribution is 0.0954. The summed E-state index contributed by atoms with van der Waals surface area (Å²) in [5, 5.41) is 2.97. The molecule has 27 heavy (non-hydrogen) atoms. The topological polar surface area (TPSA) is 54.5 Å². The van der Waals surface area contributed by atoms with Gasteiger partial charge in [-0.15, -0.1) is 0 Å². The number of pyridine rings is 1. The number of rotatable bonds is 7. The number of piperidine rings is 1. The van der Waals surface area contributed by atoms with E-state index in [0.29, 0.717) is 18.2 Å². The molecule has 0 spiro atoms. The number of nitrogens with zero attached hydrogens (tertiary/aromatic N) is 2. The van der Waals surface area contributed by atoms with Gasteiger partial charge in [0.2, 0.25) is 0 Å². The lowest BCUT2D eigenvalue weighted by Crippen LogP contribution is -2.39. The van der Waals surface area contributed by atoms with E-state index in [4.69, 9.17) is 4.74 Å². The van der Waals surface area contributed by atoms with Crippen LogP contribution in [0.3, 0.4) is 0 Å². The van der Waals surface area contributed by atoms with Crippen molar-refractivity contribution in [2.24, 2.45) is 0 Å². The number of methoxy groups -OCH3 is 1. The summed E-state index contributed by atoms with van der Waals surface area (Å²) in [6.45, 7) is 3.88. The lowest BCUT2D eigenvalue weighted by Gasteiger charge is -2.36. The second kappa shape index (κ2) is 9.40. The van der Waals surface area contributed by atoms with Gasteiger partial charge in [-0.3, -0.25) is 4.79 Å². The van der Waals surface area contributed by atoms with Gasteiger partial charge in [0.25, 0.3) is 5.91 Å². The van der Waals surface area contributed by atoms with Crippen LogP contribution in [0.2, 0.25) is 0 Å². The first-order valence-electron chi connectivity index (χ1n) is 9.85. The van der Waals surface area contributed by atoms with Crippen LogP contribution in [0.1, 0.15) is 48.5 Å². The van der Waals surface area contributed by atoms with Crippen molar-refractivity contribution in [2.75, 3.05) is 25.1 Å². The Balaban J connectivity index is 1.52. The first kappa shape index (κ1) is 19.2. The zero-order valence-electron chi connectivity index (χ0n) is 16.3. The third-order valence-corrected chi connectivity index (χ3v) is 5.26. The Morgan fingerprint density at radius 3 is 2.70 bits per heavy atom. The number of carbonyl (C=O) groups is 1. The summed E-state index contributed by atoms with van der Waals surface area (Å²) in [7, 11) is 1.65. The molecule has 2 heterocycles. The van der Waals surface area contributed by atoms with Gasteiger partial charge in [0.1, 0.15) is 11.6 Å². The van der Waals surface area contributed by atoms with Gasteiger partial charge in [0.15, 0.2) is 0 Å². The van der Waals surface area contributed by atoms with Gasteiger partial charge in [0.05, 0.1) is 12.7 Å². The van der Waals surface area contributed by atoms with Crippen molar-refractivity contribution in [1.29, 1.82) is 0 Å². The number of aromatic nitrogens is 1. The maximum atomic E-state index is 12.4. The molecule has 0 aliphatic carbocycles. The Hall–Kier alpha value is -2.56. The van der Waals surface area contributed by atoms with Gasteiger partial charge < -0.3 is 15.0 Å². The van der Waals surface area contributed by atoms with Gasteiger partial charge in [-0.1, -0.05) is 19.1 Å². The summed E-state index contributed by atoms with van der Waals surface area (Å²) < 4.78 is 5.16. The van der Waals surface area contributed by atoms with Crippen LogP contribution >= 0.6 is 0 Å². The maximum absolute atomic E-state index is 12.4. The number of benzene rings is 1. The van der Waals surface area contributed by atoms with Gasteiger partial charge in [-0.25, -0.2) is 4.98 Å². The molecule has 1 atom stereocenters. The average molecular weight is 367 g/mol. The van der Waals surface area contributed by atoms with Crippen LogP contribution in [0.25, 0.3) is 0 Å². The minimum atomic E-state index is -0.0757. The van der Waals surface area contributed by atoms with Crippen molar-refractivity contribution in [2.45, 2.75) is 45.1 Å². The zero-order valence-corrected chi connectivity index (χ0v) is 16.3. The van der Waals surface area contributed by atoms with E-state index in [1.807, 2.05) is 36.4 Å². The number of hydrogen-bond acceptors (Lipinski definition) is 4. The predicted molar refractivity (Wildman–Crippen MR) is 109 cm³/mol. The Kier molecular flexibility index (Phi) is 6.69. The molecule has 1 N–H and O–H groups in total. The van der Waals surface area contributed by atoms with Gasteiger partial charge in [-0.2, -0.15) is 0 Å². The van der Waals surface area contributed by atoms with Crippen LogP contribution in [0.5, 0.6) is 5.75 Å². The smallest absolute Gasteiger partial charge is 0.252 e. The van der Waals surface area contributed by atoms with E-state index in [1.165, 1.54) is 24.8 Å². The molecule has 0 saturated carbocycles. The molecule has 1 aliphatic heterocycles. The van der Waals surface area contributed by atoms with Gasteiger partial charge in [-0.05, 0) is 61.9 Å². The molecular formula is C22H29N3O2. The average Bonchev–Trinajstić information content (AvgIpc) is 2.74. The second-order valence-electron chi connectivity index (χ2n) is 7.01. The second-order valence-corrected chi connectivity index (χ2v) is 7.01. The molecule has 0 radical (unpaired) electrons. The summed E-state index contributed by atoms with van der Waals surface area (Å²) in [4.78, 5) is 19.3. The number of anilines is 1. The molecular weight excluding hydrogens is 338 g/mol. The Labute approximate surface area is 161 Å². The number of amides is 1. The lowest BCUT2D eigenvalue weighted by atomic mass is 10.00. The van der Waals surface area contributed by atoms with E-state index in [1.54, 1.807) is 13.3 Å². The van der Waals surface area contributed by atoms with Crippen LogP contribution < -0.4 is 15.0 Å². The normalized spacial score (nSPS) is 16.8. The maximum Gasteiger partial charge on any atom is 0.252 e. The molecule has 0 bridgehead atoms. The molecule has 1 aromatic heterocycles. The van der Waals surface area contributed by atoms with E-state index < -0.39 is 0 Å².